The Kier molecular flexibility index (Phi) is 7.85. The second kappa shape index (κ2) is 10.8. The van der Waals surface area contributed by atoms with Crippen molar-refractivity contribution < 1.29 is 14.3 Å². The summed E-state index contributed by atoms with van der Waals surface area (Å²) in [5, 5.41) is 4.60. The fourth-order valence-corrected chi connectivity index (χ4v) is 3.82. The Hall–Kier alpha value is -2.86. The number of fused-ring (bicyclic) bond motifs is 1. The van der Waals surface area contributed by atoms with E-state index in [9.17, 15) is 9.59 Å². The predicted octanol–water partition coefficient (Wildman–Crippen LogP) is 5.16. The molecule has 0 atom stereocenters. The molecule has 0 unspecified atom stereocenters. The first-order chi connectivity index (χ1) is 14.5. The van der Waals surface area contributed by atoms with Crippen molar-refractivity contribution >= 4 is 40.2 Å². The SMILES string of the molecule is CCCCc1ccc(NC(=O)COC(=O)CSc2cc(C)c3ccccc3n2)cc1. The fraction of sp³-hybridized carbons (Fsp3) is 0.292. The van der Waals surface area contributed by atoms with E-state index in [1.807, 2.05) is 61.5 Å². The van der Waals surface area contributed by atoms with Gasteiger partial charge in [0.1, 0.15) is 0 Å². The first-order valence-corrected chi connectivity index (χ1v) is 11.1. The number of carbonyl (C=O) groups excluding carboxylic acids is 2. The zero-order chi connectivity index (χ0) is 21.3. The molecule has 2 aromatic carbocycles. The highest BCUT2D eigenvalue weighted by Crippen LogP contribution is 2.23. The standard InChI is InChI=1S/C24H26N2O3S/c1-3-4-7-18-10-12-19(13-11-18)25-22(27)15-29-24(28)16-30-23-14-17(2)20-8-5-6-9-21(20)26-23/h5-6,8-14H,3-4,7,15-16H2,1-2H3,(H,25,27). The van der Waals surface area contributed by atoms with Gasteiger partial charge in [0.05, 0.1) is 16.3 Å². The summed E-state index contributed by atoms with van der Waals surface area (Å²) in [6.07, 6.45) is 3.33. The van der Waals surface area contributed by atoms with Gasteiger partial charge in [-0.05, 0) is 55.2 Å². The van der Waals surface area contributed by atoms with E-state index in [0.29, 0.717) is 5.69 Å². The van der Waals surface area contributed by atoms with Crippen molar-refractivity contribution in [1.29, 1.82) is 0 Å². The molecule has 0 saturated carbocycles. The highest BCUT2D eigenvalue weighted by atomic mass is 32.2. The van der Waals surface area contributed by atoms with Crippen molar-refractivity contribution in [2.45, 2.75) is 38.1 Å². The minimum atomic E-state index is -0.447. The van der Waals surface area contributed by atoms with E-state index in [2.05, 4.69) is 17.2 Å². The Labute approximate surface area is 181 Å². The Bertz CT molecular complexity index is 1020. The average Bonchev–Trinajstić information content (AvgIpc) is 2.76. The molecule has 0 fully saturated rings. The average molecular weight is 423 g/mol. The van der Waals surface area contributed by atoms with Crippen LogP contribution in [0.5, 0.6) is 0 Å². The molecule has 1 heterocycles. The lowest BCUT2D eigenvalue weighted by atomic mass is 10.1. The number of amides is 1. The van der Waals surface area contributed by atoms with Crippen LogP contribution in [0, 0.1) is 6.92 Å². The maximum Gasteiger partial charge on any atom is 0.316 e. The van der Waals surface area contributed by atoms with Crippen molar-refractivity contribution in [2.24, 2.45) is 0 Å². The molecule has 1 N–H and O–H groups in total. The summed E-state index contributed by atoms with van der Waals surface area (Å²) in [5.41, 5.74) is 3.95. The highest BCUT2D eigenvalue weighted by Gasteiger charge is 2.10. The number of nitrogens with zero attached hydrogens (tertiary/aromatic N) is 1. The number of hydrogen-bond donors (Lipinski definition) is 1. The molecule has 1 amide bonds. The lowest BCUT2D eigenvalue weighted by Crippen LogP contribution is -2.21. The summed E-state index contributed by atoms with van der Waals surface area (Å²) in [6.45, 7) is 3.88. The number of ether oxygens (including phenoxy) is 1. The largest absolute Gasteiger partial charge is 0.455 e. The number of hydrogen-bond acceptors (Lipinski definition) is 5. The molecule has 0 bridgehead atoms. The molecule has 1 aromatic heterocycles. The second-order valence-corrected chi connectivity index (χ2v) is 8.09. The van der Waals surface area contributed by atoms with Crippen molar-refractivity contribution in [3.8, 4) is 0 Å². The minimum Gasteiger partial charge on any atom is -0.455 e. The number of para-hydroxylation sites is 1. The first-order valence-electron chi connectivity index (χ1n) is 10.1. The normalized spacial score (nSPS) is 10.7. The zero-order valence-corrected chi connectivity index (χ0v) is 18.1. The first kappa shape index (κ1) is 21.8. The number of aryl methyl sites for hydroxylation is 2. The monoisotopic (exact) mass is 422 g/mol. The van der Waals surface area contributed by atoms with Gasteiger partial charge in [-0.3, -0.25) is 9.59 Å². The summed E-state index contributed by atoms with van der Waals surface area (Å²) in [4.78, 5) is 28.6. The third-order valence-electron chi connectivity index (χ3n) is 4.66. The van der Waals surface area contributed by atoms with Crippen molar-refractivity contribution in [3.63, 3.8) is 0 Å². The number of esters is 1. The van der Waals surface area contributed by atoms with Crippen LogP contribution in [-0.2, 0) is 20.7 Å². The summed E-state index contributed by atoms with van der Waals surface area (Å²) < 4.78 is 5.09. The van der Waals surface area contributed by atoms with Crippen molar-refractivity contribution in [3.05, 3.63) is 65.7 Å². The Morgan fingerprint density at radius 1 is 1.10 bits per heavy atom. The van der Waals surface area contributed by atoms with Crippen molar-refractivity contribution in [2.75, 3.05) is 17.7 Å². The summed E-state index contributed by atoms with van der Waals surface area (Å²) in [6, 6.07) is 17.6. The number of thioether (sulfide) groups is 1. The van der Waals surface area contributed by atoms with Gasteiger partial charge in [0.15, 0.2) is 6.61 Å². The van der Waals surface area contributed by atoms with E-state index in [4.69, 9.17) is 4.74 Å². The van der Waals surface area contributed by atoms with Gasteiger partial charge in [0.25, 0.3) is 5.91 Å². The molecule has 0 radical (unpaired) electrons. The number of rotatable bonds is 9. The van der Waals surface area contributed by atoms with E-state index in [1.54, 1.807) is 0 Å². The summed E-state index contributed by atoms with van der Waals surface area (Å²) >= 11 is 1.30. The van der Waals surface area contributed by atoms with Gasteiger partial charge in [0, 0.05) is 11.1 Å². The van der Waals surface area contributed by atoms with Gasteiger partial charge in [-0.25, -0.2) is 4.98 Å². The van der Waals surface area contributed by atoms with E-state index in [-0.39, 0.29) is 18.3 Å². The van der Waals surface area contributed by atoms with E-state index < -0.39 is 5.97 Å². The molecule has 30 heavy (non-hydrogen) atoms. The van der Waals surface area contributed by atoms with Crippen LogP contribution in [0.15, 0.2) is 59.6 Å². The minimum absolute atomic E-state index is 0.101. The van der Waals surface area contributed by atoms with Gasteiger partial charge in [-0.2, -0.15) is 0 Å². The lowest BCUT2D eigenvalue weighted by Gasteiger charge is -2.08. The predicted molar refractivity (Wildman–Crippen MR) is 122 cm³/mol. The second-order valence-electron chi connectivity index (χ2n) is 7.09. The van der Waals surface area contributed by atoms with E-state index in [0.717, 1.165) is 40.8 Å². The van der Waals surface area contributed by atoms with Gasteiger partial charge in [-0.1, -0.05) is 55.4 Å². The smallest absolute Gasteiger partial charge is 0.316 e. The van der Waals surface area contributed by atoms with Crippen LogP contribution in [-0.4, -0.2) is 29.2 Å². The maximum atomic E-state index is 12.0. The Balaban J connectivity index is 1.43. The number of benzene rings is 2. The topological polar surface area (TPSA) is 68.3 Å². The number of anilines is 1. The Morgan fingerprint density at radius 3 is 2.63 bits per heavy atom. The number of nitrogens with one attached hydrogen (secondary N) is 1. The Morgan fingerprint density at radius 2 is 1.87 bits per heavy atom. The molecule has 0 aliphatic carbocycles. The van der Waals surface area contributed by atoms with E-state index >= 15 is 0 Å². The third kappa shape index (κ3) is 6.32. The van der Waals surface area contributed by atoms with Crippen LogP contribution in [0.4, 0.5) is 5.69 Å². The summed E-state index contributed by atoms with van der Waals surface area (Å²) in [5.74, 6) is -0.698. The molecule has 5 nitrogen and oxygen atoms in total. The molecule has 156 valence electrons. The third-order valence-corrected chi connectivity index (χ3v) is 5.54. The summed E-state index contributed by atoms with van der Waals surface area (Å²) in [7, 11) is 0. The van der Waals surface area contributed by atoms with Gasteiger partial charge < -0.3 is 10.1 Å². The zero-order valence-electron chi connectivity index (χ0n) is 17.3. The molecule has 0 aliphatic rings. The molecule has 6 heteroatoms. The van der Waals surface area contributed by atoms with Gasteiger partial charge >= 0.3 is 5.97 Å². The van der Waals surface area contributed by atoms with Crippen LogP contribution in [0.25, 0.3) is 10.9 Å². The number of aromatic nitrogens is 1. The number of carbonyl (C=O) groups is 2. The fourth-order valence-electron chi connectivity index (χ4n) is 3.05. The molecule has 0 spiro atoms. The van der Waals surface area contributed by atoms with Gasteiger partial charge in [0.2, 0.25) is 0 Å². The van der Waals surface area contributed by atoms with Gasteiger partial charge in [-0.15, -0.1) is 0 Å². The van der Waals surface area contributed by atoms with E-state index in [1.165, 1.54) is 17.3 Å². The van der Waals surface area contributed by atoms with Crippen LogP contribution in [0.2, 0.25) is 0 Å². The van der Waals surface area contributed by atoms with Crippen LogP contribution in [0.1, 0.15) is 30.9 Å². The molecule has 3 aromatic rings. The molecule has 0 saturated heterocycles. The van der Waals surface area contributed by atoms with Crippen LogP contribution < -0.4 is 5.32 Å². The molecular formula is C24H26N2O3S. The molecular weight excluding hydrogens is 396 g/mol. The quantitative estimate of drug-likeness (QED) is 0.381. The highest BCUT2D eigenvalue weighted by molar-refractivity contribution is 7.99. The molecule has 0 aliphatic heterocycles. The van der Waals surface area contributed by atoms with Crippen LogP contribution in [0.3, 0.4) is 0 Å². The maximum absolute atomic E-state index is 12.0. The molecule has 3 rings (SSSR count). The number of pyridine rings is 1. The van der Waals surface area contributed by atoms with Crippen LogP contribution >= 0.6 is 11.8 Å². The lowest BCUT2D eigenvalue weighted by molar-refractivity contribution is -0.144. The number of unbranched alkanes of at least 4 members (excludes halogenated alkanes) is 1. The van der Waals surface area contributed by atoms with Crippen molar-refractivity contribution in [1.82, 2.24) is 4.98 Å².